The summed E-state index contributed by atoms with van der Waals surface area (Å²) >= 11 is 2.56. The van der Waals surface area contributed by atoms with Gasteiger partial charge in [0.1, 0.15) is 35.3 Å². The number of aryl methyl sites for hydroxylation is 2. The summed E-state index contributed by atoms with van der Waals surface area (Å²) < 4.78 is 10.8. The number of rotatable bonds is 19. The zero-order chi connectivity index (χ0) is 37.6. The summed E-state index contributed by atoms with van der Waals surface area (Å²) in [7, 11) is 0. The van der Waals surface area contributed by atoms with Gasteiger partial charge >= 0.3 is 11.9 Å². The average Bonchev–Trinajstić information content (AvgIpc) is 3.79. The lowest BCUT2D eigenvalue weighted by Gasteiger charge is -2.19. The molecule has 0 fully saturated rings. The van der Waals surface area contributed by atoms with Crippen LogP contribution in [0.4, 0.5) is 10.3 Å². The van der Waals surface area contributed by atoms with E-state index in [0.717, 1.165) is 22.9 Å². The first-order valence-corrected chi connectivity index (χ1v) is 18.8. The fraction of sp³-hybridized carbons (Fsp3) is 0.444. The van der Waals surface area contributed by atoms with Crippen LogP contribution >= 0.6 is 22.7 Å². The Morgan fingerprint density at radius 3 is 1.33 bits per heavy atom. The molecule has 2 aromatic carbocycles. The van der Waals surface area contributed by atoms with Crippen LogP contribution in [0.1, 0.15) is 73.5 Å². The lowest BCUT2D eigenvalue weighted by molar-refractivity contribution is -0.148. The van der Waals surface area contributed by atoms with Gasteiger partial charge in [-0.05, 0) is 35.8 Å². The molecule has 0 radical (unpaired) electrons. The van der Waals surface area contributed by atoms with Gasteiger partial charge in [-0.1, -0.05) is 111 Å². The van der Waals surface area contributed by atoms with Crippen molar-refractivity contribution in [1.29, 1.82) is 0 Å². The highest BCUT2D eigenvalue weighted by molar-refractivity contribution is 7.15. The number of aromatic nitrogens is 4. The monoisotopic (exact) mass is 750 g/mol. The molecule has 0 aliphatic rings. The maximum absolute atomic E-state index is 13.3. The largest absolute Gasteiger partial charge is 0.463 e. The van der Waals surface area contributed by atoms with E-state index in [2.05, 4.69) is 31.0 Å². The Bertz CT molecular complexity index is 1620. The van der Waals surface area contributed by atoms with Crippen molar-refractivity contribution in [2.75, 3.05) is 23.8 Å². The maximum Gasteiger partial charge on any atom is 0.323 e. The molecule has 4 atom stereocenters. The third-order valence-electron chi connectivity index (χ3n) is 8.23. The van der Waals surface area contributed by atoms with E-state index in [4.69, 9.17) is 20.9 Å². The standard InChI is InChI=1S/C36H46N8O6S2/c1-21(2)29(37)33(47)49-19-25(23-13-7-5-8-14-23)31(45)39-35-43-41-27(51-35)17-11-12-18-28-42-44-36(52-28)40-32(46)26(24-15-9-6-10-16-24)20-50-34(48)30(38)22(3)4/h5-10,13-16,21-22,25-26,29-30H,11-12,17-20,37-38H2,1-4H3,(H,39,43,45)(H,40,44,46)/t25?,26?,29-,30-/m0/s1. The molecular weight excluding hydrogens is 705 g/mol. The lowest BCUT2D eigenvalue weighted by Crippen LogP contribution is -2.38. The number of amides is 2. The average molecular weight is 751 g/mol. The van der Waals surface area contributed by atoms with Gasteiger partial charge in [-0.15, -0.1) is 20.4 Å². The van der Waals surface area contributed by atoms with Gasteiger partial charge in [-0.25, -0.2) is 0 Å². The third kappa shape index (κ3) is 12.0. The van der Waals surface area contributed by atoms with E-state index in [-0.39, 0.29) is 36.9 Å². The summed E-state index contributed by atoms with van der Waals surface area (Å²) in [6.07, 6.45) is 2.84. The van der Waals surface area contributed by atoms with E-state index >= 15 is 0 Å². The van der Waals surface area contributed by atoms with Crippen molar-refractivity contribution < 1.29 is 28.7 Å². The zero-order valence-electron chi connectivity index (χ0n) is 29.7. The summed E-state index contributed by atoms with van der Waals surface area (Å²) in [5.74, 6) is -3.57. The number of anilines is 2. The second-order valence-corrected chi connectivity index (χ2v) is 15.0. The van der Waals surface area contributed by atoms with Crippen LogP contribution in [0.3, 0.4) is 0 Å². The number of nitrogens with zero attached hydrogens (tertiary/aromatic N) is 4. The number of esters is 2. The second-order valence-electron chi connectivity index (χ2n) is 12.9. The minimum atomic E-state index is -0.780. The molecule has 0 saturated carbocycles. The molecule has 2 aromatic heterocycles. The first-order valence-electron chi connectivity index (χ1n) is 17.1. The van der Waals surface area contributed by atoms with E-state index in [9.17, 15) is 19.2 Å². The Morgan fingerprint density at radius 2 is 0.981 bits per heavy atom. The number of unbranched alkanes of at least 4 members (excludes halogenated alkanes) is 1. The molecular formula is C36H46N8O6S2. The molecule has 0 bridgehead atoms. The lowest BCUT2D eigenvalue weighted by atomic mass is 9.99. The first kappa shape index (κ1) is 40.1. The predicted octanol–water partition coefficient (Wildman–Crippen LogP) is 4.45. The summed E-state index contributed by atoms with van der Waals surface area (Å²) in [6, 6.07) is 16.6. The molecule has 2 amide bonds. The normalized spacial score (nSPS) is 13.6. The zero-order valence-corrected chi connectivity index (χ0v) is 31.3. The molecule has 0 aliphatic heterocycles. The molecule has 4 rings (SSSR count). The number of ether oxygens (including phenoxy) is 2. The van der Waals surface area contributed by atoms with Gasteiger partial charge in [-0.3, -0.25) is 29.8 Å². The topological polar surface area (TPSA) is 214 Å². The number of hydrogen-bond donors (Lipinski definition) is 4. The van der Waals surface area contributed by atoms with Crippen LogP contribution in [0.25, 0.3) is 0 Å². The van der Waals surface area contributed by atoms with Crippen LogP contribution in [0.15, 0.2) is 60.7 Å². The van der Waals surface area contributed by atoms with Gasteiger partial charge in [0, 0.05) is 12.8 Å². The van der Waals surface area contributed by atoms with Crippen LogP contribution in [0.2, 0.25) is 0 Å². The number of carbonyl (C=O) groups is 4. The quantitative estimate of drug-likeness (QED) is 0.0773. The number of carbonyl (C=O) groups excluding carboxylic acids is 4. The maximum atomic E-state index is 13.3. The minimum Gasteiger partial charge on any atom is -0.463 e. The fourth-order valence-corrected chi connectivity index (χ4v) is 6.40. The predicted molar refractivity (Wildman–Crippen MR) is 200 cm³/mol. The molecule has 52 heavy (non-hydrogen) atoms. The Balaban J connectivity index is 1.26. The van der Waals surface area contributed by atoms with Crippen molar-refractivity contribution in [1.82, 2.24) is 20.4 Å². The molecule has 2 heterocycles. The van der Waals surface area contributed by atoms with Gasteiger partial charge in [0.15, 0.2) is 0 Å². The van der Waals surface area contributed by atoms with Crippen LogP contribution in [0, 0.1) is 11.8 Å². The molecule has 0 spiro atoms. The molecule has 0 saturated heterocycles. The molecule has 0 aliphatic carbocycles. The Morgan fingerprint density at radius 1 is 0.615 bits per heavy atom. The van der Waals surface area contributed by atoms with Crippen molar-refractivity contribution in [3.8, 4) is 0 Å². The second kappa shape index (κ2) is 19.8. The minimum absolute atomic E-state index is 0.0983. The summed E-state index contributed by atoms with van der Waals surface area (Å²) in [5, 5.41) is 24.6. The Kier molecular flexibility index (Phi) is 15.3. The number of nitrogens with one attached hydrogen (secondary N) is 2. The molecule has 278 valence electrons. The SMILES string of the molecule is CC(C)[C@H](N)C(=O)OCC(C(=O)Nc1nnc(CCCCc2nnc(NC(=O)C(COC(=O)[C@@H](N)C(C)C)c3ccccc3)s2)s1)c1ccccc1. The Labute approximate surface area is 311 Å². The highest BCUT2D eigenvalue weighted by atomic mass is 32.1. The van der Waals surface area contributed by atoms with Gasteiger partial charge in [0.05, 0.1) is 11.8 Å². The van der Waals surface area contributed by atoms with Crippen LogP contribution < -0.4 is 22.1 Å². The smallest absolute Gasteiger partial charge is 0.323 e. The van der Waals surface area contributed by atoms with E-state index in [0.29, 0.717) is 34.2 Å². The van der Waals surface area contributed by atoms with Gasteiger partial charge in [0.25, 0.3) is 0 Å². The van der Waals surface area contributed by atoms with Crippen LogP contribution in [-0.4, -0.2) is 69.4 Å². The van der Waals surface area contributed by atoms with E-state index in [1.165, 1.54) is 22.7 Å². The molecule has 6 N–H and O–H groups in total. The number of nitrogens with two attached hydrogens (primary N) is 2. The van der Waals surface area contributed by atoms with Crippen molar-refractivity contribution >= 4 is 56.7 Å². The van der Waals surface area contributed by atoms with Gasteiger partial charge < -0.3 is 20.9 Å². The highest BCUT2D eigenvalue weighted by Gasteiger charge is 2.28. The van der Waals surface area contributed by atoms with Gasteiger partial charge in [0.2, 0.25) is 22.1 Å². The first-order chi connectivity index (χ1) is 24.9. The van der Waals surface area contributed by atoms with Crippen molar-refractivity contribution in [2.45, 2.75) is 77.3 Å². The van der Waals surface area contributed by atoms with Crippen molar-refractivity contribution in [3.63, 3.8) is 0 Å². The molecule has 4 aromatic rings. The van der Waals surface area contributed by atoms with E-state index in [1.807, 2.05) is 64.1 Å². The summed E-state index contributed by atoms with van der Waals surface area (Å²) in [4.78, 5) is 51.3. The van der Waals surface area contributed by atoms with Crippen LogP contribution in [-0.2, 0) is 41.5 Å². The number of hydrogen-bond acceptors (Lipinski definition) is 14. The van der Waals surface area contributed by atoms with E-state index in [1.54, 1.807) is 24.3 Å². The number of benzene rings is 2. The van der Waals surface area contributed by atoms with Crippen molar-refractivity contribution in [3.05, 3.63) is 81.8 Å². The molecule has 2 unspecified atom stereocenters. The highest BCUT2D eigenvalue weighted by Crippen LogP contribution is 2.25. The van der Waals surface area contributed by atoms with Gasteiger partial charge in [-0.2, -0.15) is 0 Å². The van der Waals surface area contributed by atoms with Crippen LogP contribution in [0.5, 0.6) is 0 Å². The molecule has 14 nitrogen and oxygen atoms in total. The molecule has 16 heteroatoms. The third-order valence-corrected chi connectivity index (χ3v) is 10.0. The summed E-state index contributed by atoms with van der Waals surface area (Å²) in [5.41, 5.74) is 13.2. The summed E-state index contributed by atoms with van der Waals surface area (Å²) in [6.45, 7) is 6.99. The van der Waals surface area contributed by atoms with Crippen molar-refractivity contribution in [2.24, 2.45) is 23.3 Å². The van der Waals surface area contributed by atoms with E-state index < -0.39 is 35.9 Å². The fourth-order valence-electron chi connectivity index (χ4n) is 4.83. The Hall–Kier alpha value is -4.64.